The number of aromatic nitrogens is 2. The molecule has 1 aromatic carbocycles. The van der Waals surface area contributed by atoms with Crippen LogP contribution >= 0.6 is 11.6 Å². The van der Waals surface area contributed by atoms with Crippen LogP contribution in [-0.2, 0) is 21.9 Å². The van der Waals surface area contributed by atoms with Crippen molar-refractivity contribution >= 4 is 33.6 Å². The van der Waals surface area contributed by atoms with E-state index in [4.69, 9.17) is 11.6 Å². The molecule has 2 aromatic rings. The van der Waals surface area contributed by atoms with Crippen molar-refractivity contribution in [2.75, 3.05) is 13.1 Å². The fourth-order valence-corrected chi connectivity index (χ4v) is 3.02. The highest BCUT2D eigenvalue weighted by molar-refractivity contribution is 7.89. The minimum absolute atomic E-state index is 0.0601. The van der Waals surface area contributed by atoms with Crippen molar-refractivity contribution in [3.8, 4) is 0 Å². The Morgan fingerprint density at radius 2 is 2.08 bits per heavy atom. The van der Waals surface area contributed by atoms with Gasteiger partial charge < -0.3 is 9.88 Å². The first-order valence-corrected chi connectivity index (χ1v) is 8.93. The Bertz CT molecular complexity index is 846. The molecule has 0 unspecified atom stereocenters. The van der Waals surface area contributed by atoms with Gasteiger partial charge in [0.25, 0.3) is 10.0 Å². The largest absolute Gasteiger partial charge is 0.351 e. The maximum absolute atomic E-state index is 11.9. The van der Waals surface area contributed by atoms with Crippen LogP contribution in [0.25, 0.3) is 6.08 Å². The number of halogens is 1. The molecule has 0 saturated carbocycles. The molecule has 2 N–H and O–H groups in total. The summed E-state index contributed by atoms with van der Waals surface area (Å²) >= 11 is 5.98. The summed E-state index contributed by atoms with van der Waals surface area (Å²) in [7, 11) is -1.99. The Kier molecular flexibility index (Phi) is 6.13. The number of carbonyl (C=O) groups is 1. The van der Waals surface area contributed by atoms with Crippen LogP contribution in [-0.4, -0.2) is 37.0 Å². The molecule has 0 aliphatic heterocycles. The number of aryl methyl sites for hydroxylation is 1. The molecule has 7 nitrogen and oxygen atoms in total. The summed E-state index contributed by atoms with van der Waals surface area (Å²) in [5.74, 6) is -0.341. The number of amides is 1. The zero-order valence-electron chi connectivity index (χ0n) is 12.9. The third-order valence-corrected chi connectivity index (χ3v) is 4.68. The van der Waals surface area contributed by atoms with Gasteiger partial charge in [0.15, 0.2) is 5.03 Å². The highest BCUT2D eigenvalue weighted by atomic mass is 35.5. The van der Waals surface area contributed by atoms with E-state index >= 15 is 0 Å². The first-order chi connectivity index (χ1) is 11.4. The first kappa shape index (κ1) is 18.2. The van der Waals surface area contributed by atoms with E-state index in [1.165, 1.54) is 23.2 Å². The summed E-state index contributed by atoms with van der Waals surface area (Å²) in [5, 5.41) is 3.07. The van der Waals surface area contributed by atoms with Crippen molar-refractivity contribution in [2.45, 2.75) is 5.03 Å². The standard InChI is InChI=1S/C15H17ClN4O3S/c1-20-10-15(18-11-20)24(22,23)19-9-8-17-14(21)7-6-12-4-2-3-5-13(12)16/h2-7,10-11,19H,8-9H2,1H3,(H,17,21)/b7-6+. The highest BCUT2D eigenvalue weighted by Gasteiger charge is 2.15. The van der Waals surface area contributed by atoms with E-state index in [0.29, 0.717) is 5.02 Å². The van der Waals surface area contributed by atoms with E-state index in [0.717, 1.165) is 5.56 Å². The van der Waals surface area contributed by atoms with Crippen molar-refractivity contribution in [3.63, 3.8) is 0 Å². The normalized spacial score (nSPS) is 11.8. The van der Waals surface area contributed by atoms with E-state index in [1.807, 2.05) is 6.07 Å². The summed E-state index contributed by atoms with van der Waals surface area (Å²) in [6.07, 6.45) is 5.73. The zero-order chi connectivity index (χ0) is 17.6. The number of sulfonamides is 1. The SMILES string of the molecule is Cn1cnc(S(=O)(=O)NCCNC(=O)/C=C/c2ccccc2Cl)c1. The van der Waals surface area contributed by atoms with Crippen LogP contribution in [0.1, 0.15) is 5.56 Å². The van der Waals surface area contributed by atoms with Gasteiger partial charge in [-0.15, -0.1) is 0 Å². The van der Waals surface area contributed by atoms with Crippen molar-refractivity contribution in [3.05, 3.63) is 53.5 Å². The molecule has 0 fully saturated rings. The average molecular weight is 369 g/mol. The van der Waals surface area contributed by atoms with Crippen LogP contribution in [0.5, 0.6) is 0 Å². The highest BCUT2D eigenvalue weighted by Crippen LogP contribution is 2.15. The zero-order valence-corrected chi connectivity index (χ0v) is 14.5. The number of carbonyl (C=O) groups excluding carboxylic acids is 1. The van der Waals surface area contributed by atoms with E-state index < -0.39 is 10.0 Å². The summed E-state index contributed by atoms with van der Waals surface area (Å²) in [5.41, 5.74) is 0.727. The number of imidazole rings is 1. The lowest BCUT2D eigenvalue weighted by molar-refractivity contribution is -0.116. The number of hydrogen-bond donors (Lipinski definition) is 2. The summed E-state index contributed by atoms with van der Waals surface area (Å²) in [4.78, 5) is 15.5. The van der Waals surface area contributed by atoms with Gasteiger partial charge in [0.05, 0.1) is 6.33 Å². The van der Waals surface area contributed by atoms with Crippen LogP contribution in [0, 0.1) is 0 Å². The molecule has 2 rings (SSSR count). The number of nitrogens with zero attached hydrogens (tertiary/aromatic N) is 2. The fourth-order valence-electron chi connectivity index (χ4n) is 1.81. The molecular formula is C15H17ClN4O3S. The van der Waals surface area contributed by atoms with E-state index in [-0.39, 0.29) is 24.0 Å². The second-order valence-electron chi connectivity index (χ2n) is 4.92. The summed E-state index contributed by atoms with van der Waals surface area (Å²) < 4.78 is 27.7. The first-order valence-electron chi connectivity index (χ1n) is 7.06. The maximum Gasteiger partial charge on any atom is 0.259 e. The lowest BCUT2D eigenvalue weighted by Gasteiger charge is -2.05. The van der Waals surface area contributed by atoms with E-state index in [1.54, 1.807) is 31.3 Å². The molecular weight excluding hydrogens is 352 g/mol. The Hall–Kier alpha value is -2.16. The average Bonchev–Trinajstić information content (AvgIpc) is 2.98. The van der Waals surface area contributed by atoms with Crippen LogP contribution < -0.4 is 10.0 Å². The van der Waals surface area contributed by atoms with Gasteiger partial charge in [-0.2, -0.15) is 0 Å². The van der Waals surface area contributed by atoms with Crippen LogP contribution in [0.15, 0.2) is 47.9 Å². The smallest absolute Gasteiger partial charge is 0.259 e. The lowest BCUT2D eigenvalue weighted by atomic mass is 10.2. The van der Waals surface area contributed by atoms with Gasteiger partial charge in [-0.3, -0.25) is 4.79 Å². The molecule has 0 saturated heterocycles. The van der Waals surface area contributed by atoms with Gasteiger partial charge >= 0.3 is 0 Å². The van der Waals surface area contributed by atoms with Crippen molar-refractivity contribution < 1.29 is 13.2 Å². The van der Waals surface area contributed by atoms with Crippen LogP contribution in [0.4, 0.5) is 0 Å². The molecule has 0 atom stereocenters. The van der Waals surface area contributed by atoms with Gasteiger partial charge in [0.1, 0.15) is 0 Å². The second-order valence-corrected chi connectivity index (χ2v) is 7.04. The molecule has 24 heavy (non-hydrogen) atoms. The monoisotopic (exact) mass is 368 g/mol. The van der Waals surface area contributed by atoms with Gasteiger partial charge in [0.2, 0.25) is 5.91 Å². The van der Waals surface area contributed by atoms with Gasteiger partial charge in [-0.1, -0.05) is 29.8 Å². The molecule has 0 bridgehead atoms. The molecule has 1 amide bonds. The molecule has 1 heterocycles. The van der Waals surface area contributed by atoms with Crippen molar-refractivity contribution in [1.82, 2.24) is 19.6 Å². The number of hydrogen-bond acceptors (Lipinski definition) is 4. The predicted molar refractivity (Wildman–Crippen MR) is 91.9 cm³/mol. The number of benzene rings is 1. The Morgan fingerprint density at radius 3 is 2.75 bits per heavy atom. The third kappa shape index (κ3) is 5.19. The molecule has 9 heteroatoms. The van der Waals surface area contributed by atoms with Gasteiger partial charge in [-0.25, -0.2) is 18.1 Å². The number of nitrogens with one attached hydrogen (secondary N) is 2. The Balaban J connectivity index is 1.78. The van der Waals surface area contributed by atoms with Crippen LogP contribution in [0.3, 0.4) is 0 Å². The molecule has 1 aromatic heterocycles. The quantitative estimate of drug-likeness (QED) is 0.567. The number of rotatable bonds is 7. The van der Waals surface area contributed by atoms with E-state index in [9.17, 15) is 13.2 Å². The van der Waals surface area contributed by atoms with Gasteiger partial charge in [0, 0.05) is 37.4 Å². The molecule has 0 aliphatic carbocycles. The molecule has 0 spiro atoms. The Labute approximate surface area is 145 Å². The molecule has 128 valence electrons. The third-order valence-electron chi connectivity index (χ3n) is 2.99. The second kappa shape index (κ2) is 8.09. The predicted octanol–water partition coefficient (Wildman–Crippen LogP) is 1.18. The van der Waals surface area contributed by atoms with E-state index in [2.05, 4.69) is 15.0 Å². The molecule has 0 radical (unpaired) electrons. The summed E-state index contributed by atoms with van der Waals surface area (Å²) in [6, 6.07) is 7.13. The summed E-state index contributed by atoms with van der Waals surface area (Å²) in [6.45, 7) is 0.211. The van der Waals surface area contributed by atoms with Crippen molar-refractivity contribution in [2.24, 2.45) is 7.05 Å². The fraction of sp³-hybridized carbons (Fsp3) is 0.200. The maximum atomic E-state index is 11.9. The Morgan fingerprint density at radius 1 is 1.33 bits per heavy atom. The van der Waals surface area contributed by atoms with Crippen molar-refractivity contribution in [1.29, 1.82) is 0 Å². The van der Waals surface area contributed by atoms with Gasteiger partial charge in [-0.05, 0) is 17.7 Å². The topological polar surface area (TPSA) is 93.1 Å². The molecule has 0 aliphatic rings. The minimum atomic E-state index is -3.67. The lowest BCUT2D eigenvalue weighted by Crippen LogP contribution is -2.34. The minimum Gasteiger partial charge on any atom is -0.351 e. The van der Waals surface area contributed by atoms with Crippen LogP contribution in [0.2, 0.25) is 5.02 Å².